The molecule has 1 saturated heterocycles. The molecule has 19 heavy (non-hydrogen) atoms. The Morgan fingerprint density at radius 3 is 2.84 bits per heavy atom. The fourth-order valence-electron chi connectivity index (χ4n) is 2.60. The zero-order valence-corrected chi connectivity index (χ0v) is 13.1. The van der Waals surface area contributed by atoms with Gasteiger partial charge in [-0.1, -0.05) is 6.92 Å². The lowest BCUT2D eigenvalue weighted by atomic mass is 10.2. The van der Waals surface area contributed by atoms with Gasteiger partial charge in [0.05, 0.1) is 6.20 Å². The van der Waals surface area contributed by atoms with E-state index in [0.717, 1.165) is 19.6 Å². The number of rotatable bonds is 6. The van der Waals surface area contributed by atoms with Crippen LogP contribution in [0.25, 0.3) is 0 Å². The van der Waals surface area contributed by atoms with E-state index in [4.69, 9.17) is 0 Å². The van der Waals surface area contributed by atoms with E-state index < -0.39 is 0 Å². The van der Waals surface area contributed by atoms with Crippen molar-refractivity contribution in [1.29, 1.82) is 0 Å². The van der Waals surface area contributed by atoms with E-state index in [1.54, 1.807) is 0 Å². The van der Waals surface area contributed by atoms with Gasteiger partial charge in [0, 0.05) is 36.9 Å². The number of hydrogen-bond donors (Lipinski definition) is 1. The van der Waals surface area contributed by atoms with Gasteiger partial charge >= 0.3 is 0 Å². The molecule has 5 heteroatoms. The maximum atomic E-state index is 4.43. The highest BCUT2D eigenvalue weighted by atomic mass is 35.5. The third-order valence-electron chi connectivity index (χ3n) is 3.63. The standard InChI is InChI=1S/C14H26N4.ClH/c1-4-7-17(14-5-6-15-9-14)10-13-8-16-18(11-13)12(2)3;/h8,11-12,14-15H,4-7,9-10H2,1-3H3;1H. The predicted octanol–water partition coefficient (Wildman–Crippen LogP) is 2.46. The predicted molar refractivity (Wildman–Crippen MR) is 81.8 cm³/mol. The number of hydrogen-bond acceptors (Lipinski definition) is 3. The van der Waals surface area contributed by atoms with E-state index in [2.05, 4.69) is 42.3 Å². The molecule has 1 unspecified atom stereocenters. The Morgan fingerprint density at radius 1 is 1.53 bits per heavy atom. The van der Waals surface area contributed by atoms with Crippen LogP contribution in [0.3, 0.4) is 0 Å². The van der Waals surface area contributed by atoms with Gasteiger partial charge in [-0.05, 0) is 39.8 Å². The van der Waals surface area contributed by atoms with E-state index >= 15 is 0 Å². The number of nitrogens with zero attached hydrogens (tertiary/aromatic N) is 3. The highest BCUT2D eigenvalue weighted by Gasteiger charge is 2.22. The van der Waals surface area contributed by atoms with Crippen molar-refractivity contribution in [2.24, 2.45) is 0 Å². The summed E-state index contributed by atoms with van der Waals surface area (Å²) in [7, 11) is 0. The SMILES string of the molecule is CCCN(Cc1cnn(C(C)C)c1)C1CCNC1.Cl. The molecular weight excluding hydrogens is 260 g/mol. The molecule has 1 aliphatic heterocycles. The highest BCUT2D eigenvalue weighted by Crippen LogP contribution is 2.14. The van der Waals surface area contributed by atoms with Crippen LogP contribution < -0.4 is 5.32 Å². The van der Waals surface area contributed by atoms with Crippen molar-refractivity contribution < 1.29 is 0 Å². The second-order valence-corrected chi connectivity index (χ2v) is 5.54. The van der Waals surface area contributed by atoms with Crippen molar-refractivity contribution in [3.05, 3.63) is 18.0 Å². The first kappa shape index (κ1) is 16.5. The molecule has 0 saturated carbocycles. The van der Waals surface area contributed by atoms with E-state index in [1.165, 1.54) is 24.9 Å². The first-order valence-electron chi connectivity index (χ1n) is 7.18. The average molecular weight is 287 g/mol. The van der Waals surface area contributed by atoms with Gasteiger partial charge in [0.2, 0.25) is 0 Å². The summed E-state index contributed by atoms with van der Waals surface area (Å²) in [5, 5.41) is 7.89. The second kappa shape index (κ2) is 7.88. The van der Waals surface area contributed by atoms with Crippen molar-refractivity contribution in [2.45, 2.75) is 52.2 Å². The van der Waals surface area contributed by atoms with Gasteiger partial charge in [0.1, 0.15) is 0 Å². The fraction of sp³-hybridized carbons (Fsp3) is 0.786. The summed E-state index contributed by atoms with van der Waals surface area (Å²) >= 11 is 0. The molecule has 0 spiro atoms. The Kier molecular flexibility index (Phi) is 6.83. The molecule has 1 aromatic heterocycles. The molecule has 2 rings (SSSR count). The zero-order valence-electron chi connectivity index (χ0n) is 12.3. The first-order chi connectivity index (χ1) is 8.70. The van der Waals surface area contributed by atoms with Crippen molar-refractivity contribution in [2.75, 3.05) is 19.6 Å². The Balaban J connectivity index is 0.00000180. The van der Waals surface area contributed by atoms with E-state index in [-0.39, 0.29) is 12.4 Å². The lowest BCUT2D eigenvalue weighted by molar-refractivity contribution is 0.199. The monoisotopic (exact) mass is 286 g/mol. The number of aromatic nitrogens is 2. The first-order valence-corrected chi connectivity index (χ1v) is 7.18. The fourth-order valence-corrected chi connectivity index (χ4v) is 2.60. The van der Waals surface area contributed by atoms with E-state index in [0.29, 0.717) is 12.1 Å². The third kappa shape index (κ3) is 4.48. The molecule has 0 bridgehead atoms. The zero-order chi connectivity index (χ0) is 13.0. The maximum absolute atomic E-state index is 4.43. The Bertz CT molecular complexity index is 358. The molecule has 1 atom stereocenters. The van der Waals surface area contributed by atoms with Gasteiger partial charge in [0.15, 0.2) is 0 Å². The van der Waals surface area contributed by atoms with Crippen LogP contribution in [0.1, 0.15) is 45.2 Å². The van der Waals surface area contributed by atoms with Crippen LogP contribution in [0.2, 0.25) is 0 Å². The Morgan fingerprint density at radius 2 is 2.32 bits per heavy atom. The topological polar surface area (TPSA) is 33.1 Å². The summed E-state index contributed by atoms with van der Waals surface area (Å²) in [6, 6.07) is 1.15. The summed E-state index contributed by atoms with van der Waals surface area (Å²) < 4.78 is 2.05. The van der Waals surface area contributed by atoms with Crippen molar-refractivity contribution in [3.63, 3.8) is 0 Å². The summed E-state index contributed by atoms with van der Waals surface area (Å²) in [5.74, 6) is 0. The minimum absolute atomic E-state index is 0. The molecule has 0 aromatic carbocycles. The minimum Gasteiger partial charge on any atom is -0.315 e. The van der Waals surface area contributed by atoms with Gasteiger partial charge < -0.3 is 5.32 Å². The molecule has 0 aliphatic carbocycles. The van der Waals surface area contributed by atoms with Gasteiger partial charge in [-0.3, -0.25) is 9.58 Å². The molecule has 2 heterocycles. The third-order valence-corrected chi connectivity index (χ3v) is 3.63. The van der Waals surface area contributed by atoms with Gasteiger partial charge in [-0.15, -0.1) is 12.4 Å². The van der Waals surface area contributed by atoms with Crippen LogP contribution in [0.4, 0.5) is 0 Å². The quantitative estimate of drug-likeness (QED) is 0.872. The maximum Gasteiger partial charge on any atom is 0.0534 e. The summed E-state index contributed by atoms with van der Waals surface area (Å²) in [6.45, 7) is 11.1. The average Bonchev–Trinajstić information content (AvgIpc) is 2.99. The summed E-state index contributed by atoms with van der Waals surface area (Å²) in [5.41, 5.74) is 1.34. The molecule has 1 aliphatic rings. The van der Waals surface area contributed by atoms with Crippen LogP contribution in [-0.2, 0) is 6.54 Å². The lowest BCUT2D eigenvalue weighted by Gasteiger charge is -2.27. The minimum atomic E-state index is 0. The molecule has 1 aromatic rings. The summed E-state index contributed by atoms with van der Waals surface area (Å²) in [4.78, 5) is 2.60. The second-order valence-electron chi connectivity index (χ2n) is 5.54. The van der Waals surface area contributed by atoms with Crippen molar-refractivity contribution in [3.8, 4) is 0 Å². The molecule has 0 amide bonds. The Labute approximate surface area is 123 Å². The molecule has 4 nitrogen and oxygen atoms in total. The van der Waals surface area contributed by atoms with Crippen LogP contribution in [0, 0.1) is 0 Å². The van der Waals surface area contributed by atoms with Crippen LogP contribution >= 0.6 is 12.4 Å². The van der Waals surface area contributed by atoms with Crippen LogP contribution in [0.15, 0.2) is 12.4 Å². The smallest absolute Gasteiger partial charge is 0.0534 e. The molecule has 110 valence electrons. The summed E-state index contributed by atoms with van der Waals surface area (Å²) in [6.07, 6.45) is 6.70. The molecular formula is C14H27ClN4. The lowest BCUT2D eigenvalue weighted by Crippen LogP contribution is -2.36. The number of halogens is 1. The van der Waals surface area contributed by atoms with Crippen LogP contribution in [-0.4, -0.2) is 40.4 Å². The largest absolute Gasteiger partial charge is 0.315 e. The highest BCUT2D eigenvalue weighted by molar-refractivity contribution is 5.85. The van der Waals surface area contributed by atoms with Crippen molar-refractivity contribution >= 4 is 12.4 Å². The van der Waals surface area contributed by atoms with E-state index in [1.807, 2.05) is 10.9 Å². The van der Waals surface area contributed by atoms with Gasteiger partial charge in [-0.2, -0.15) is 5.10 Å². The normalized spacial score (nSPS) is 19.1. The van der Waals surface area contributed by atoms with Gasteiger partial charge in [-0.25, -0.2) is 0 Å². The molecule has 1 fully saturated rings. The number of nitrogens with one attached hydrogen (secondary N) is 1. The molecule has 0 radical (unpaired) electrons. The van der Waals surface area contributed by atoms with Crippen LogP contribution in [0.5, 0.6) is 0 Å². The van der Waals surface area contributed by atoms with Crippen molar-refractivity contribution in [1.82, 2.24) is 20.0 Å². The van der Waals surface area contributed by atoms with Gasteiger partial charge in [0.25, 0.3) is 0 Å². The Hall–Kier alpha value is -0.580. The molecule has 1 N–H and O–H groups in total. The van der Waals surface area contributed by atoms with E-state index in [9.17, 15) is 0 Å².